The molecule has 0 atom stereocenters. The van der Waals surface area contributed by atoms with E-state index in [9.17, 15) is 13.2 Å². The number of nitrogens with one attached hydrogen (secondary N) is 3. The monoisotopic (exact) mass is 460 g/mol. The molecule has 0 aromatic carbocycles. The van der Waals surface area contributed by atoms with Crippen LogP contribution < -0.4 is 9.78 Å². The van der Waals surface area contributed by atoms with Gasteiger partial charge in [-0.2, -0.15) is 0 Å². The van der Waals surface area contributed by atoms with E-state index in [2.05, 4.69) is 9.78 Å². The van der Waals surface area contributed by atoms with Crippen LogP contribution in [-0.2, 0) is 17.1 Å². The van der Waals surface area contributed by atoms with Gasteiger partial charge in [0.15, 0.2) is 0 Å². The van der Waals surface area contributed by atoms with Crippen LogP contribution in [0.5, 0.6) is 0 Å². The standard InChI is InChI=1S/C5H5.C3H6F3Ge.3C2H6N.Zr/c1-2-4-5-3-1;1-7(2)3(4,5)6;3*1-2-3;/h1-3H,4H2;1-2H3;3*3H,2H2,1H3;/q;;3*-1;+3. The van der Waals surface area contributed by atoms with Gasteiger partial charge < -0.3 is 0 Å². The zero-order valence-corrected chi connectivity index (χ0v) is 18.8. The minimum atomic E-state index is -4.82. The van der Waals surface area contributed by atoms with Crippen molar-refractivity contribution in [3.05, 3.63) is 21.5 Å². The maximum absolute atomic E-state index is 14.2. The average molecular weight is 460 g/mol. The van der Waals surface area contributed by atoms with Gasteiger partial charge in [0.25, 0.3) is 0 Å². The molecule has 0 amide bonds. The molecule has 0 spiro atoms. The average Bonchev–Trinajstić information content (AvgIpc) is 2.92. The van der Waals surface area contributed by atoms with E-state index in [4.69, 9.17) is 0 Å². The summed E-state index contributed by atoms with van der Waals surface area (Å²) in [4.78, 5) is 0. The first-order valence-corrected chi connectivity index (χ1v) is 25.6. The van der Waals surface area contributed by atoms with Gasteiger partial charge in [0, 0.05) is 0 Å². The van der Waals surface area contributed by atoms with Gasteiger partial charge in [0.2, 0.25) is 0 Å². The van der Waals surface area contributed by atoms with Crippen molar-refractivity contribution in [3.8, 4) is 0 Å². The predicted octanol–water partition coefficient (Wildman–Crippen LogP) is 3.40. The molecule has 1 aliphatic rings. The van der Waals surface area contributed by atoms with Crippen LogP contribution >= 0.6 is 0 Å². The molecule has 0 radical (unpaired) electrons. The molecule has 22 heavy (non-hydrogen) atoms. The second-order valence-electron chi connectivity index (χ2n) is 6.29. The molecule has 0 aromatic rings. The summed E-state index contributed by atoms with van der Waals surface area (Å²) in [6.45, 7) is 7.31. The Morgan fingerprint density at radius 1 is 1.05 bits per heavy atom. The van der Waals surface area contributed by atoms with Crippen molar-refractivity contribution >= 4 is 9.48 Å². The molecule has 0 unspecified atom stereocenters. The van der Waals surface area contributed by atoms with E-state index in [1.807, 2.05) is 39.0 Å². The Labute approximate surface area is 134 Å². The normalized spacial score (nSPS) is 18.2. The van der Waals surface area contributed by atoms with E-state index in [1.54, 1.807) is 0 Å². The van der Waals surface area contributed by atoms with Gasteiger partial charge in [-0.25, -0.2) is 0 Å². The second-order valence-corrected chi connectivity index (χ2v) is 53.0. The minimum absolute atomic E-state index is 0.535. The van der Waals surface area contributed by atoms with Gasteiger partial charge in [-0.3, -0.25) is 0 Å². The van der Waals surface area contributed by atoms with Crippen molar-refractivity contribution < 1.29 is 30.3 Å². The van der Waals surface area contributed by atoms with Crippen LogP contribution in [-0.4, -0.2) is 34.1 Å². The zero-order valence-electron chi connectivity index (χ0n) is 14.2. The van der Waals surface area contributed by atoms with Gasteiger partial charge in [-0.1, -0.05) is 0 Å². The Hall–Kier alpha value is 0.576. The van der Waals surface area contributed by atoms with Crippen LogP contribution in [0.1, 0.15) is 27.2 Å². The van der Waals surface area contributed by atoms with E-state index in [1.165, 1.54) is 11.5 Å². The zero-order chi connectivity index (χ0) is 17.1. The number of allylic oxidation sites excluding steroid dienone is 4. The maximum atomic E-state index is 14.2. The molecule has 3 nitrogen and oxygen atoms in total. The molecule has 8 heteroatoms. The molecule has 0 bridgehead atoms. The van der Waals surface area contributed by atoms with Crippen LogP contribution in [0.15, 0.2) is 21.5 Å². The first kappa shape index (κ1) is 20.6. The molecule has 0 saturated carbocycles. The van der Waals surface area contributed by atoms with Crippen LogP contribution in [0.2, 0.25) is 11.5 Å². The molecule has 0 aromatic heterocycles. The van der Waals surface area contributed by atoms with Gasteiger partial charge in [-0.05, 0) is 0 Å². The fourth-order valence-corrected chi connectivity index (χ4v) is 62.9. The Bertz CT molecular complexity index is 441. The number of rotatable bonds is 8. The molecule has 129 valence electrons. The number of hydrogen-bond acceptors (Lipinski definition) is 3. The molecule has 1 rings (SSSR count). The quantitative estimate of drug-likeness (QED) is 0.487. The summed E-state index contributed by atoms with van der Waals surface area (Å²) < 4.78 is 53.8. The molecule has 0 heterocycles. The SMILES string of the molecule is CC[NH][Zr]([NH]CC)([NH]CC)([C]1=CC=CC1)[Ge]([CH3])([CH3])[C](F)(F)F. The molecule has 0 fully saturated rings. The molecule has 1 aliphatic carbocycles. The third kappa shape index (κ3) is 2.96. The third-order valence-corrected chi connectivity index (χ3v) is 71.2. The van der Waals surface area contributed by atoms with E-state index in [0.29, 0.717) is 26.1 Å². The summed E-state index contributed by atoms with van der Waals surface area (Å²) in [6, 6.07) is 0. The summed E-state index contributed by atoms with van der Waals surface area (Å²) in [5, 5.41) is -4.12. The van der Waals surface area contributed by atoms with Crippen molar-refractivity contribution in [3.63, 3.8) is 0 Å². The van der Waals surface area contributed by atoms with Crippen LogP contribution in [0.4, 0.5) is 13.2 Å². The summed E-state index contributed by atoms with van der Waals surface area (Å²) in [6.07, 6.45) is 6.38. The molecular weight excluding hydrogens is 431 g/mol. The Balaban J connectivity index is 3.71. The molecule has 3 N–H and O–H groups in total. The van der Waals surface area contributed by atoms with Gasteiger partial charge >= 0.3 is 134 Å². The van der Waals surface area contributed by atoms with Crippen molar-refractivity contribution in [2.45, 2.75) is 43.7 Å². The summed E-state index contributed by atoms with van der Waals surface area (Å²) >= 11 is -4.82. The molecule has 0 saturated heterocycles. The van der Waals surface area contributed by atoms with E-state index in [0.717, 1.165) is 3.28 Å². The topological polar surface area (TPSA) is 36.1 Å². The predicted molar refractivity (Wildman–Crippen MR) is 86.4 cm³/mol. The summed E-state index contributed by atoms with van der Waals surface area (Å²) in [7, 11) is -4.33. The van der Waals surface area contributed by atoms with E-state index < -0.39 is 31.6 Å². The first-order chi connectivity index (χ1) is 10.1. The van der Waals surface area contributed by atoms with Crippen LogP contribution in [0.3, 0.4) is 0 Å². The van der Waals surface area contributed by atoms with Crippen molar-refractivity contribution in [2.24, 2.45) is 0 Å². The Morgan fingerprint density at radius 3 is 1.77 bits per heavy atom. The summed E-state index contributed by atoms with van der Waals surface area (Å²) in [5.74, 6) is 3.05. The number of alkyl halides is 3. The fraction of sp³-hybridized carbons (Fsp3) is 0.714. The molecular formula is C14H29F3GeN3Zr. The van der Waals surface area contributed by atoms with Crippen LogP contribution in [0, 0.1) is 0 Å². The van der Waals surface area contributed by atoms with E-state index in [-0.39, 0.29) is 0 Å². The van der Waals surface area contributed by atoms with Crippen molar-refractivity contribution in [1.82, 2.24) is 9.78 Å². The van der Waals surface area contributed by atoms with Crippen LogP contribution in [0.25, 0.3) is 0 Å². The number of halogens is 3. The van der Waals surface area contributed by atoms with Gasteiger partial charge in [0.05, 0.1) is 0 Å². The third-order valence-electron chi connectivity index (χ3n) is 4.96. The summed E-state index contributed by atoms with van der Waals surface area (Å²) in [5.41, 5.74) is 0. The first-order valence-electron chi connectivity index (χ1n) is 7.97. The fourth-order valence-electron chi connectivity index (χ4n) is 3.75. The van der Waals surface area contributed by atoms with Gasteiger partial charge in [0.1, 0.15) is 0 Å². The van der Waals surface area contributed by atoms with Crippen molar-refractivity contribution in [2.75, 3.05) is 19.6 Å². The van der Waals surface area contributed by atoms with Gasteiger partial charge in [-0.15, -0.1) is 0 Å². The Morgan fingerprint density at radius 2 is 1.50 bits per heavy atom. The van der Waals surface area contributed by atoms with Crippen molar-refractivity contribution in [1.29, 1.82) is 0 Å². The Kier molecular flexibility index (Phi) is 6.76. The number of hydrogen-bond donors (Lipinski definition) is 3. The van der Waals surface area contributed by atoms with E-state index >= 15 is 0 Å². The molecule has 0 aliphatic heterocycles. The second kappa shape index (κ2) is 7.22.